The SMILES string of the molecule is O=C(O)c1ccc(NC(=O)[C@H]2CCCNC2)c(Cl)c1. The first-order chi connectivity index (χ1) is 9.08. The maximum absolute atomic E-state index is 12.0. The van der Waals surface area contributed by atoms with E-state index in [-0.39, 0.29) is 22.4 Å². The maximum atomic E-state index is 12.0. The summed E-state index contributed by atoms with van der Waals surface area (Å²) in [5, 5.41) is 15.0. The summed E-state index contributed by atoms with van der Waals surface area (Å²) in [6.45, 7) is 1.61. The predicted molar refractivity (Wildman–Crippen MR) is 72.6 cm³/mol. The zero-order valence-electron chi connectivity index (χ0n) is 10.3. The van der Waals surface area contributed by atoms with Crippen molar-refractivity contribution in [3.63, 3.8) is 0 Å². The Balaban J connectivity index is 2.06. The number of aromatic carboxylic acids is 1. The van der Waals surface area contributed by atoms with Crippen LogP contribution in [0.1, 0.15) is 23.2 Å². The van der Waals surface area contributed by atoms with E-state index in [0.29, 0.717) is 12.2 Å². The summed E-state index contributed by atoms with van der Waals surface area (Å²) >= 11 is 5.96. The molecule has 1 fully saturated rings. The van der Waals surface area contributed by atoms with E-state index in [1.54, 1.807) is 0 Å². The standard InChI is InChI=1S/C13H15ClN2O3/c14-10-6-8(13(18)19)3-4-11(10)16-12(17)9-2-1-5-15-7-9/h3-4,6,9,15H,1-2,5,7H2,(H,16,17)(H,18,19)/t9-/m0/s1. The van der Waals surface area contributed by atoms with Crippen LogP contribution in [-0.2, 0) is 4.79 Å². The minimum absolute atomic E-state index is 0.0658. The van der Waals surface area contributed by atoms with Crippen LogP contribution in [0.3, 0.4) is 0 Å². The molecule has 2 rings (SSSR count). The number of carbonyl (C=O) groups excluding carboxylic acids is 1. The Morgan fingerprint density at radius 3 is 2.79 bits per heavy atom. The molecule has 3 N–H and O–H groups in total. The van der Waals surface area contributed by atoms with Crippen molar-refractivity contribution < 1.29 is 14.7 Å². The van der Waals surface area contributed by atoms with Crippen LogP contribution in [0.5, 0.6) is 0 Å². The maximum Gasteiger partial charge on any atom is 0.335 e. The van der Waals surface area contributed by atoms with Crippen molar-refractivity contribution in [2.75, 3.05) is 18.4 Å². The quantitative estimate of drug-likeness (QED) is 0.792. The number of hydrogen-bond donors (Lipinski definition) is 3. The molecule has 0 saturated carbocycles. The number of hydrogen-bond acceptors (Lipinski definition) is 3. The van der Waals surface area contributed by atoms with Crippen LogP contribution in [0.4, 0.5) is 5.69 Å². The highest BCUT2D eigenvalue weighted by molar-refractivity contribution is 6.34. The molecule has 0 unspecified atom stereocenters. The number of amides is 1. The Bertz CT molecular complexity index is 499. The second-order valence-corrected chi connectivity index (χ2v) is 4.94. The average molecular weight is 283 g/mol. The molecular weight excluding hydrogens is 268 g/mol. The highest BCUT2D eigenvalue weighted by atomic mass is 35.5. The third kappa shape index (κ3) is 3.45. The fourth-order valence-corrected chi connectivity index (χ4v) is 2.29. The number of nitrogens with one attached hydrogen (secondary N) is 2. The van der Waals surface area contributed by atoms with Gasteiger partial charge in [-0.15, -0.1) is 0 Å². The Morgan fingerprint density at radius 1 is 1.42 bits per heavy atom. The Kier molecular flexibility index (Phi) is 4.39. The van der Waals surface area contributed by atoms with E-state index >= 15 is 0 Å². The van der Waals surface area contributed by atoms with Crippen molar-refractivity contribution >= 4 is 29.2 Å². The van der Waals surface area contributed by atoms with E-state index in [2.05, 4.69) is 10.6 Å². The second kappa shape index (κ2) is 6.04. The molecule has 1 saturated heterocycles. The first-order valence-electron chi connectivity index (χ1n) is 6.12. The molecule has 0 aromatic heterocycles. The smallest absolute Gasteiger partial charge is 0.335 e. The summed E-state index contributed by atoms with van der Waals surface area (Å²) in [7, 11) is 0. The molecule has 0 aliphatic carbocycles. The van der Waals surface area contributed by atoms with Gasteiger partial charge >= 0.3 is 5.97 Å². The lowest BCUT2D eigenvalue weighted by molar-refractivity contribution is -0.120. The van der Waals surface area contributed by atoms with Gasteiger partial charge in [0, 0.05) is 6.54 Å². The number of carboxylic acids is 1. The van der Waals surface area contributed by atoms with Gasteiger partial charge in [-0.1, -0.05) is 11.6 Å². The monoisotopic (exact) mass is 282 g/mol. The molecule has 1 aromatic carbocycles. The molecular formula is C13H15ClN2O3. The molecule has 1 atom stereocenters. The van der Waals surface area contributed by atoms with Crippen LogP contribution in [-0.4, -0.2) is 30.1 Å². The third-order valence-electron chi connectivity index (χ3n) is 3.14. The fourth-order valence-electron chi connectivity index (χ4n) is 2.06. The van der Waals surface area contributed by atoms with Crippen LogP contribution in [0, 0.1) is 5.92 Å². The second-order valence-electron chi connectivity index (χ2n) is 4.53. The van der Waals surface area contributed by atoms with E-state index < -0.39 is 5.97 Å². The van der Waals surface area contributed by atoms with Gasteiger partial charge in [0.2, 0.25) is 5.91 Å². The van der Waals surface area contributed by atoms with Crippen LogP contribution in [0.2, 0.25) is 5.02 Å². The van der Waals surface area contributed by atoms with Crippen molar-refractivity contribution in [1.82, 2.24) is 5.32 Å². The molecule has 0 bridgehead atoms. The summed E-state index contributed by atoms with van der Waals surface area (Å²) in [6.07, 6.45) is 1.83. The topological polar surface area (TPSA) is 78.4 Å². The van der Waals surface area contributed by atoms with Crippen LogP contribution in [0.15, 0.2) is 18.2 Å². The zero-order valence-corrected chi connectivity index (χ0v) is 11.0. The summed E-state index contributed by atoms with van der Waals surface area (Å²) in [6, 6.07) is 4.27. The number of carboxylic acid groups (broad SMARTS) is 1. The highest BCUT2D eigenvalue weighted by Gasteiger charge is 2.21. The molecule has 102 valence electrons. The lowest BCUT2D eigenvalue weighted by atomic mass is 9.99. The molecule has 0 radical (unpaired) electrons. The zero-order chi connectivity index (χ0) is 13.8. The van der Waals surface area contributed by atoms with Gasteiger partial charge < -0.3 is 15.7 Å². The van der Waals surface area contributed by atoms with Crippen molar-refractivity contribution in [2.24, 2.45) is 5.92 Å². The Morgan fingerprint density at radius 2 is 2.21 bits per heavy atom. The van der Waals surface area contributed by atoms with Gasteiger partial charge in [0.05, 0.1) is 22.2 Å². The van der Waals surface area contributed by atoms with Gasteiger partial charge in [-0.3, -0.25) is 4.79 Å². The van der Waals surface area contributed by atoms with Crippen molar-refractivity contribution in [1.29, 1.82) is 0 Å². The predicted octanol–water partition coefficient (Wildman–Crippen LogP) is 1.98. The van der Waals surface area contributed by atoms with Gasteiger partial charge in [0.25, 0.3) is 0 Å². The van der Waals surface area contributed by atoms with Crippen LogP contribution >= 0.6 is 11.6 Å². The molecule has 5 nitrogen and oxygen atoms in total. The Labute approximate surface area is 116 Å². The third-order valence-corrected chi connectivity index (χ3v) is 3.45. The highest BCUT2D eigenvalue weighted by Crippen LogP contribution is 2.24. The summed E-state index contributed by atoms with van der Waals surface area (Å²) in [4.78, 5) is 22.8. The van der Waals surface area contributed by atoms with E-state index in [0.717, 1.165) is 19.4 Å². The number of halogens is 1. The number of benzene rings is 1. The van der Waals surface area contributed by atoms with Gasteiger partial charge in [0.15, 0.2) is 0 Å². The van der Waals surface area contributed by atoms with Crippen molar-refractivity contribution in [3.8, 4) is 0 Å². The molecule has 1 aliphatic heterocycles. The molecule has 0 spiro atoms. The fraction of sp³-hybridized carbons (Fsp3) is 0.385. The van der Waals surface area contributed by atoms with E-state index in [1.165, 1.54) is 18.2 Å². The lowest BCUT2D eigenvalue weighted by Crippen LogP contribution is -2.37. The van der Waals surface area contributed by atoms with Crippen molar-refractivity contribution in [2.45, 2.75) is 12.8 Å². The largest absolute Gasteiger partial charge is 0.478 e. The first-order valence-corrected chi connectivity index (χ1v) is 6.50. The van der Waals surface area contributed by atoms with Crippen molar-refractivity contribution in [3.05, 3.63) is 28.8 Å². The van der Waals surface area contributed by atoms with Crippen LogP contribution in [0.25, 0.3) is 0 Å². The van der Waals surface area contributed by atoms with E-state index in [4.69, 9.17) is 16.7 Å². The van der Waals surface area contributed by atoms with Gasteiger partial charge in [-0.05, 0) is 37.6 Å². The van der Waals surface area contributed by atoms with E-state index in [9.17, 15) is 9.59 Å². The summed E-state index contributed by atoms with van der Waals surface area (Å²) < 4.78 is 0. The number of piperidine rings is 1. The average Bonchev–Trinajstić information content (AvgIpc) is 2.41. The number of rotatable bonds is 3. The van der Waals surface area contributed by atoms with Gasteiger partial charge in [-0.2, -0.15) is 0 Å². The molecule has 6 heteroatoms. The van der Waals surface area contributed by atoms with Gasteiger partial charge in [0.1, 0.15) is 0 Å². The first kappa shape index (κ1) is 13.8. The minimum Gasteiger partial charge on any atom is -0.478 e. The molecule has 1 aliphatic rings. The number of carbonyl (C=O) groups is 2. The summed E-state index contributed by atoms with van der Waals surface area (Å²) in [5.74, 6) is -1.20. The molecule has 1 heterocycles. The van der Waals surface area contributed by atoms with Gasteiger partial charge in [-0.25, -0.2) is 4.79 Å². The molecule has 19 heavy (non-hydrogen) atoms. The lowest BCUT2D eigenvalue weighted by Gasteiger charge is -2.22. The van der Waals surface area contributed by atoms with E-state index in [1.807, 2.05) is 0 Å². The normalized spacial score (nSPS) is 18.9. The molecule has 1 amide bonds. The Hall–Kier alpha value is -1.59. The minimum atomic E-state index is -1.05. The van der Waals surface area contributed by atoms with Crippen LogP contribution < -0.4 is 10.6 Å². The summed E-state index contributed by atoms with van der Waals surface area (Å²) in [5.41, 5.74) is 0.546. The molecule has 1 aromatic rings. The number of anilines is 1.